The van der Waals surface area contributed by atoms with Crippen LogP contribution in [0.4, 0.5) is 5.69 Å². The van der Waals surface area contributed by atoms with E-state index in [1.54, 1.807) is 16.7 Å². The third-order valence-electron chi connectivity index (χ3n) is 5.40. The molecule has 0 unspecified atom stereocenters. The quantitative estimate of drug-likeness (QED) is 0.378. The Balaban J connectivity index is 1.68. The predicted molar refractivity (Wildman–Crippen MR) is 138 cm³/mol. The van der Waals surface area contributed by atoms with Gasteiger partial charge in [-0.3, -0.25) is 9.59 Å². The number of benzene rings is 2. The van der Waals surface area contributed by atoms with Crippen LogP contribution < -0.4 is 10.6 Å². The van der Waals surface area contributed by atoms with Crippen molar-refractivity contribution in [2.45, 2.75) is 38.9 Å². The van der Waals surface area contributed by atoms with Crippen molar-refractivity contribution in [2.24, 2.45) is 13.0 Å². The number of nitrogens with one attached hydrogen (secondary N) is 2. The van der Waals surface area contributed by atoms with Gasteiger partial charge in [0.15, 0.2) is 11.0 Å². The predicted octanol–water partition coefficient (Wildman–Crippen LogP) is 5.60. The third kappa shape index (κ3) is 6.31. The molecule has 2 N–H and O–H groups in total. The summed E-state index contributed by atoms with van der Waals surface area (Å²) in [5, 5.41) is 15.7. The lowest BCUT2D eigenvalue weighted by Gasteiger charge is -2.22. The van der Waals surface area contributed by atoms with Gasteiger partial charge in [0, 0.05) is 17.8 Å². The number of aryl methyl sites for hydroxylation is 2. The molecule has 3 aromatic rings. The Morgan fingerprint density at radius 1 is 1.06 bits per heavy atom. The van der Waals surface area contributed by atoms with Crippen LogP contribution in [0.1, 0.15) is 47.2 Å². The summed E-state index contributed by atoms with van der Waals surface area (Å²) in [6, 6.07) is 10.1. The van der Waals surface area contributed by atoms with E-state index in [1.165, 1.54) is 23.4 Å². The Bertz CT molecular complexity index is 1210. The summed E-state index contributed by atoms with van der Waals surface area (Å²) in [5.74, 6) is 0.335. The molecule has 0 bridgehead atoms. The van der Waals surface area contributed by atoms with Crippen molar-refractivity contribution in [1.82, 2.24) is 20.1 Å². The SMILES string of the molecule is Cc1ccc(NC(=O)CSc2nnc([C@@H](NC(=O)c3ccc(Cl)cc3Cl)C(C)C)n2C)cc1C. The molecule has 34 heavy (non-hydrogen) atoms. The molecular formula is C24H27Cl2N5O2S. The summed E-state index contributed by atoms with van der Waals surface area (Å²) in [6.07, 6.45) is 0. The molecule has 3 rings (SSSR count). The molecule has 10 heteroatoms. The molecule has 2 amide bonds. The topological polar surface area (TPSA) is 88.9 Å². The number of halogens is 2. The number of carbonyl (C=O) groups excluding carboxylic acids is 2. The maximum atomic E-state index is 12.9. The summed E-state index contributed by atoms with van der Waals surface area (Å²) in [4.78, 5) is 25.3. The van der Waals surface area contributed by atoms with Crippen molar-refractivity contribution in [1.29, 1.82) is 0 Å². The Morgan fingerprint density at radius 2 is 1.79 bits per heavy atom. The van der Waals surface area contributed by atoms with Gasteiger partial charge in [0.05, 0.1) is 22.4 Å². The fourth-order valence-corrected chi connectivity index (χ4v) is 4.50. The molecule has 0 saturated carbocycles. The molecule has 0 aliphatic rings. The van der Waals surface area contributed by atoms with E-state index < -0.39 is 6.04 Å². The largest absolute Gasteiger partial charge is 0.342 e. The Hall–Kier alpha value is -2.55. The number of rotatable bonds is 8. The number of thioether (sulfide) groups is 1. The van der Waals surface area contributed by atoms with Gasteiger partial charge in [0.1, 0.15) is 0 Å². The fourth-order valence-electron chi connectivity index (χ4n) is 3.29. The minimum Gasteiger partial charge on any atom is -0.342 e. The molecular weight excluding hydrogens is 493 g/mol. The zero-order valence-electron chi connectivity index (χ0n) is 19.6. The van der Waals surface area contributed by atoms with Crippen LogP contribution in [0.15, 0.2) is 41.6 Å². The van der Waals surface area contributed by atoms with Crippen molar-refractivity contribution >= 4 is 52.5 Å². The zero-order valence-corrected chi connectivity index (χ0v) is 22.0. The van der Waals surface area contributed by atoms with Crippen LogP contribution in [-0.2, 0) is 11.8 Å². The molecule has 180 valence electrons. The van der Waals surface area contributed by atoms with E-state index >= 15 is 0 Å². The van der Waals surface area contributed by atoms with Gasteiger partial charge < -0.3 is 15.2 Å². The minimum atomic E-state index is -0.407. The van der Waals surface area contributed by atoms with E-state index in [0.29, 0.717) is 21.6 Å². The van der Waals surface area contributed by atoms with Crippen LogP contribution in [0.2, 0.25) is 10.0 Å². The number of hydrogen-bond donors (Lipinski definition) is 2. The van der Waals surface area contributed by atoms with Gasteiger partial charge in [0.25, 0.3) is 5.91 Å². The van der Waals surface area contributed by atoms with E-state index in [1.807, 2.05) is 52.9 Å². The highest BCUT2D eigenvalue weighted by atomic mass is 35.5. The van der Waals surface area contributed by atoms with Crippen molar-refractivity contribution in [3.05, 3.63) is 69.0 Å². The zero-order chi connectivity index (χ0) is 25.0. The van der Waals surface area contributed by atoms with E-state index in [9.17, 15) is 9.59 Å². The van der Waals surface area contributed by atoms with Crippen molar-refractivity contribution in [3.63, 3.8) is 0 Å². The van der Waals surface area contributed by atoms with Crippen molar-refractivity contribution in [3.8, 4) is 0 Å². The monoisotopic (exact) mass is 519 g/mol. The van der Waals surface area contributed by atoms with Gasteiger partial charge in [-0.1, -0.05) is 54.9 Å². The Kier molecular flexibility index (Phi) is 8.62. The Morgan fingerprint density at radius 3 is 2.44 bits per heavy atom. The average molecular weight is 520 g/mol. The number of hydrogen-bond acceptors (Lipinski definition) is 5. The summed E-state index contributed by atoms with van der Waals surface area (Å²) < 4.78 is 1.79. The lowest BCUT2D eigenvalue weighted by Crippen LogP contribution is -2.33. The first-order valence-corrected chi connectivity index (χ1v) is 12.5. The van der Waals surface area contributed by atoms with Gasteiger partial charge in [0.2, 0.25) is 5.91 Å². The van der Waals surface area contributed by atoms with Gasteiger partial charge in [-0.05, 0) is 61.2 Å². The first-order chi connectivity index (χ1) is 16.1. The van der Waals surface area contributed by atoms with Crippen LogP contribution in [0.5, 0.6) is 0 Å². The maximum Gasteiger partial charge on any atom is 0.253 e. The first-order valence-electron chi connectivity index (χ1n) is 10.7. The molecule has 0 aliphatic heterocycles. The van der Waals surface area contributed by atoms with E-state index in [-0.39, 0.29) is 28.5 Å². The molecule has 7 nitrogen and oxygen atoms in total. The van der Waals surface area contributed by atoms with Gasteiger partial charge in [-0.2, -0.15) is 0 Å². The molecule has 2 aromatic carbocycles. The fraction of sp³-hybridized carbons (Fsp3) is 0.333. The highest BCUT2D eigenvalue weighted by molar-refractivity contribution is 7.99. The number of amides is 2. The molecule has 1 heterocycles. The van der Waals surface area contributed by atoms with Gasteiger partial charge in [-0.15, -0.1) is 10.2 Å². The standard InChI is InChI=1S/C24H27Cl2N5O2S/c1-13(2)21(28-23(33)18-9-7-16(25)11-19(18)26)22-29-30-24(31(22)5)34-12-20(32)27-17-8-6-14(3)15(4)10-17/h6-11,13,21H,12H2,1-5H3,(H,27,32)(H,28,33)/t21-/m0/s1. The van der Waals surface area contributed by atoms with Crippen LogP contribution in [0, 0.1) is 19.8 Å². The van der Waals surface area contributed by atoms with Crippen LogP contribution in [-0.4, -0.2) is 32.3 Å². The number of aromatic nitrogens is 3. The minimum absolute atomic E-state index is 0.0313. The van der Waals surface area contributed by atoms with Crippen LogP contribution in [0.25, 0.3) is 0 Å². The molecule has 0 aliphatic carbocycles. The molecule has 0 saturated heterocycles. The average Bonchev–Trinajstić information content (AvgIpc) is 3.12. The lowest BCUT2D eigenvalue weighted by atomic mass is 10.0. The van der Waals surface area contributed by atoms with Crippen LogP contribution in [0.3, 0.4) is 0 Å². The second-order valence-corrected chi connectivity index (χ2v) is 10.1. The van der Waals surface area contributed by atoms with E-state index in [0.717, 1.165) is 11.3 Å². The molecule has 0 spiro atoms. The van der Waals surface area contributed by atoms with Crippen LogP contribution >= 0.6 is 35.0 Å². The highest BCUT2D eigenvalue weighted by Crippen LogP contribution is 2.26. The number of carbonyl (C=O) groups is 2. The second kappa shape index (κ2) is 11.3. The lowest BCUT2D eigenvalue weighted by molar-refractivity contribution is -0.113. The van der Waals surface area contributed by atoms with Crippen molar-refractivity contribution in [2.75, 3.05) is 11.1 Å². The third-order valence-corrected chi connectivity index (χ3v) is 6.97. The van der Waals surface area contributed by atoms with Gasteiger partial charge >= 0.3 is 0 Å². The number of nitrogens with zero attached hydrogens (tertiary/aromatic N) is 3. The summed E-state index contributed by atoms with van der Waals surface area (Å²) in [5.41, 5.74) is 3.38. The second-order valence-electron chi connectivity index (χ2n) is 8.35. The van der Waals surface area contributed by atoms with Gasteiger partial charge in [-0.25, -0.2) is 0 Å². The summed E-state index contributed by atoms with van der Waals surface area (Å²) in [6.45, 7) is 7.99. The maximum absolute atomic E-state index is 12.9. The summed E-state index contributed by atoms with van der Waals surface area (Å²) >= 11 is 13.4. The smallest absolute Gasteiger partial charge is 0.253 e. The normalized spacial score (nSPS) is 12.0. The summed E-state index contributed by atoms with van der Waals surface area (Å²) in [7, 11) is 1.82. The van der Waals surface area contributed by atoms with E-state index in [4.69, 9.17) is 23.2 Å². The molecule has 0 radical (unpaired) electrons. The first kappa shape index (κ1) is 26.1. The highest BCUT2D eigenvalue weighted by Gasteiger charge is 2.26. The van der Waals surface area contributed by atoms with Crippen molar-refractivity contribution < 1.29 is 9.59 Å². The molecule has 0 fully saturated rings. The Labute approximate surface area is 213 Å². The number of anilines is 1. The molecule has 1 atom stereocenters. The van der Waals surface area contributed by atoms with E-state index in [2.05, 4.69) is 20.8 Å². The molecule has 1 aromatic heterocycles.